The van der Waals surface area contributed by atoms with Crippen LogP contribution in [-0.2, 0) is 17.9 Å². The lowest BCUT2D eigenvalue weighted by atomic mass is 10.2. The Bertz CT molecular complexity index is 582. The van der Waals surface area contributed by atoms with E-state index in [1.165, 1.54) is 9.75 Å². The molecule has 3 nitrogen and oxygen atoms in total. The third-order valence-corrected chi connectivity index (χ3v) is 4.67. The van der Waals surface area contributed by atoms with Crippen LogP contribution in [0.5, 0.6) is 0 Å². The molecule has 1 aromatic heterocycles. The normalized spacial score (nSPS) is 12.9. The molecule has 4 heteroatoms. The lowest BCUT2D eigenvalue weighted by Gasteiger charge is -2.26. The maximum absolute atomic E-state index is 10.3. The first-order valence-electron chi connectivity index (χ1n) is 8.60. The summed E-state index contributed by atoms with van der Waals surface area (Å²) in [5, 5.41) is 10.3. The molecule has 1 atom stereocenters. The highest BCUT2D eigenvalue weighted by Crippen LogP contribution is 2.18. The van der Waals surface area contributed by atoms with Crippen molar-refractivity contribution in [3.05, 3.63) is 57.8 Å². The van der Waals surface area contributed by atoms with Gasteiger partial charge in [-0.3, -0.25) is 4.90 Å². The monoisotopic (exact) mass is 347 g/mol. The van der Waals surface area contributed by atoms with Gasteiger partial charge < -0.3 is 9.84 Å². The van der Waals surface area contributed by atoms with E-state index in [1.807, 2.05) is 41.7 Å². The van der Waals surface area contributed by atoms with Crippen LogP contribution < -0.4 is 0 Å². The second-order valence-electron chi connectivity index (χ2n) is 6.75. The van der Waals surface area contributed by atoms with Crippen LogP contribution in [0.15, 0.2) is 42.5 Å². The smallest absolute Gasteiger partial charge is 0.0900 e. The van der Waals surface area contributed by atoms with Crippen molar-refractivity contribution in [2.75, 3.05) is 19.7 Å². The number of hydrogen-bond donors (Lipinski definition) is 1. The molecule has 1 heterocycles. The van der Waals surface area contributed by atoms with Crippen LogP contribution in [0.4, 0.5) is 0 Å². The number of nitrogens with zero attached hydrogens (tertiary/aromatic N) is 1. The van der Waals surface area contributed by atoms with Gasteiger partial charge in [-0.05, 0) is 30.5 Å². The fourth-order valence-electron chi connectivity index (χ4n) is 2.75. The molecule has 1 aromatic carbocycles. The van der Waals surface area contributed by atoms with Gasteiger partial charge in [0, 0.05) is 29.4 Å². The Hall–Kier alpha value is -1.20. The first-order chi connectivity index (χ1) is 11.5. The van der Waals surface area contributed by atoms with Crippen molar-refractivity contribution in [2.24, 2.45) is 5.92 Å². The van der Waals surface area contributed by atoms with E-state index in [9.17, 15) is 5.11 Å². The minimum absolute atomic E-state index is 0.368. The summed E-state index contributed by atoms with van der Waals surface area (Å²) in [6.45, 7) is 9.99. The van der Waals surface area contributed by atoms with Crippen LogP contribution in [0.25, 0.3) is 0 Å². The number of rotatable bonds is 10. The van der Waals surface area contributed by atoms with Crippen molar-refractivity contribution >= 4 is 11.3 Å². The maximum Gasteiger partial charge on any atom is 0.0900 e. The molecule has 24 heavy (non-hydrogen) atoms. The van der Waals surface area contributed by atoms with Crippen molar-refractivity contribution in [3.63, 3.8) is 0 Å². The molecule has 0 spiro atoms. The summed E-state index contributed by atoms with van der Waals surface area (Å²) in [6.07, 6.45) is -0.464. The van der Waals surface area contributed by atoms with Crippen LogP contribution in [0.2, 0.25) is 0 Å². The second-order valence-corrected chi connectivity index (χ2v) is 8.13. The molecular weight excluding hydrogens is 318 g/mol. The van der Waals surface area contributed by atoms with Gasteiger partial charge in [0.05, 0.1) is 19.3 Å². The Morgan fingerprint density at radius 1 is 1.08 bits per heavy atom. The van der Waals surface area contributed by atoms with Crippen LogP contribution >= 0.6 is 11.3 Å². The van der Waals surface area contributed by atoms with E-state index < -0.39 is 6.10 Å². The molecule has 0 aliphatic heterocycles. The van der Waals surface area contributed by atoms with Gasteiger partial charge in [0.15, 0.2) is 0 Å². The van der Waals surface area contributed by atoms with Gasteiger partial charge in [0.2, 0.25) is 0 Å². The van der Waals surface area contributed by atoms with E-state index in [0.717, 1.165) is 18.7 Å². The fraction of sp³-hybridized carbons (Fsp3) is 0.500. The van der Waals surface area contributed by atoms with Crippen molar-refractivity contribution in [1.82, 2.24) is 4.90 Å². The van der Waals surface area contributed by atoms with E-state index in [-0.39, 0.29) is 0 Å². The van der Waals surface area contributed by atoms with Gasteiger partial charge in [0.25, 0.3) is 0 Å². The standard InChI is InChI=1S/C20H29NO2S/c1-16(2)11-21(13-20-10-9-17(3)24-20)12-19(22)15-23-14-18-7-5-4-6-8-18/h4-10,16,19,22H,11-15H2,1-3H3/t19-/m0/s1. The van der Waals surface area contributed by atoms with Crippen molar-refractivity contribution in [2.45, 2.75) is 40.0 Å². The number of aliphatic hydroxyl groups excluding tert-OH is 1. The molecule has 0 bridgehead atoms. The molecule has 1 N–H and O–H groups in total. The summed E-state index contributed by atoms with van der Waals surface area (Å²) in [5.41, 5.74) is 1.14. The summed E-state index contributed by atoms with van der Waals surface area (Å²) >= 11 is 1.83. The van der Waals surface area contributed by atoms with Crippen molar-refractivity contribution in [3.8, 4) is 0 Å². The highest BCUT2D eigenvalue weighted by Gasteiger charge is 2.15. The maximum atomic E-state index is 10.3. The molecule has 2 rings (SSSR count). The number of thiophene rings is 1. The summed E-state index contributed by atoms with van der Waals surface area (Å²) in [7, 11) is 0. The first kappa shape index (κ1) is 19.1. The van der Waals surface area contributed by atoms with Gasteiger partial charge in [-0.2, -0.15) is 0 Å². The van der Waals surface area contributed by atoms with Gasteiger partial charge in [0.1, 0.15) is 0 Å². The van der Waals surface area contributed by atoms with Crippen LogP contribution in [0.1, 0.15) is 29.2 Å². The molecule has 0 fully saturated rings. The third kappa shape index (κ3) is 7.14. The van der Waals surface area contributed by atoms with Crippen molar-refractivity contribution < 1.29 is 9.84 Å². The Balaban J connectivity index is 1.79. The summed E-state index contributed by atoms with van der Waals surface area (Å²) in [4.78, 5) is 5.01. The van der Waals surface area contributed by atoms with Gasteiger partial charge in [-0.1, -0.05) is 44.2 Å². The zero-order chi connectivity index (χ0) is 17.4. The van der Waals surface area contributed by atoms with Crippen LogP contribution in [-0.4, -0.2) is 35.8 Å². The average Bonchev–Trinajstić information content (AvgIpc) is 2.92. The topological polar surface area (TPSA) is 32.7 Å². The van der Waals surface area contributed by atoms with Crippen molar-refractivity contribution in [1.29, 1.82) is 0 Å². The van der Waals surface area contributed by atoms with Crippen LogP contribution in [0.3, 0.4) is 0 Å². The molecule has 0 saturated carbocycles. The van der Waals surface area contributed by atoms with E-state index in [4.69, 9.17) is 4.74 Å². The number of aryl methyl sites for hydroxylation is 1. The third-order valence-electron chi connectivity index (χ3n) is 3.69. The lowest BCUT2D eigenvalue weighted by Crippen LogP contribution is -2.36. The number of hydrogen-bond acceptors (Lipinski definition) is 4. The molecule has 0 saturated heterocycles. The zero-order valence-electron chi connectivity index (χ0n) is 14.9. The highest BCUT2D eigenvalue weighted by molar-refractivity contribution is 7.11. The minimum Gasteiger partial charge on any atom is -0.389 e. The van der Waals surface area contributed by atoms with Gasteiger partial charge >= 0.3 is 0 Å². The molecule has 0 unspecified atom stereocenters. The minimum atomic E-state index is -0.464. The Morgan fingerprint density at radius 3 is 2.46 bits per heavy atom. The van der Waals surface area contributed by atoms with E-state index in [1.54, 1.807) is 0 Å². The van der Waals surface area contributed by atoms with E-state index in [2.05, 4.69) is 37.8 Å². The van der Waals surface area contributed by atoms with Gasteiger partial charge in [-0.15, -0.1) is 11.3 Å². The summed E-state index contributed by atoms with van der Waals surface area (Å²) in [5.74, 6) is 0.573. The Morgan fingerprint density at radius 2 is 1.83 bits per heavy atom. The van der Waals surface area contributed by atoms with E-state index >= 15 is 0 Å². The zero-order valence-corrected chi connectivity index (χ0v) is 15.8. The summed E-state index contributed by atoms with van der Waals surface area (Å²) in [6, 6.07) is 14.4. The van der Waals surface area contributed by atoms with E-state index in [0.29, 0.717) is 25.7 Å². The van der Waals surface area contributed by atoms with Crippen LogP contribution in [0, 0.1) is 12.8 Å². The number of ether oxygens (including phenoxy) is 1. The summed E-state index contributed by atoms with van der Waals surface area (Å²) < 4.78 is 5.67. The lowest BCUT2D eigenvalue weighted by molar-refractivity contribution is 0.00694. The largest absolute Gasteiger partial charge is 0.389 e. The molecule has 0 radical (unpaired) electrons. The average molecular weight is 348 g/mol. The predicted octanol–water partition coefficient (Wildman–Crippen LogP) is 4.09. The molecule has 0 aliphatic rings. The highest BCUT2D eigenvalue weighted by atomic mass is 32.1. The number of aliphatic hydroxyl groups is 1. The van der Waals surface area contributed by atoms with Gasteiger partial charge in [-0.25, -0.2) is 0 Å². The fourth-order valence-corrected chi connectivity index (χ4v) is 3.68. The second kappa shape index (κ2) is 9.94. The Kier molecular flexibility index (Phi) is 7.92. The molecule has 2 aromatic rings. The Labute approximate surface area is 149 Å². The molecular formula is C20H29NO2S. The SMILES string of the molecule is Cc1ccc(CN(CC(C)C)C[C@H](O)COCc2ccccc2)s1. The predicted molar refractivity (Wildman–Crippen MR) is 101 cm³/mol. The number of benzene rings is 1. The molecule has 0 amide bonds. The molecule has 132 valence electrons. The quantitative estimate of drug-likeness (QED) is 0.702. The molecule has 0 aliphatic carbocycles. The first-order valence-corrected chi connectivity index (χ1v) is 9.42.